The van der Waals surface area contributed by atoms with E-state index in [9.17, 15) is 19.7 Å². The molecule has 7 heteroatoms. The van der Waals surface area contributed by atoms with Gasteiger partial charge in [-0.1, -0.05) is 25.8 Å². The maximum Gasteiger partial charge on any atom is 0.334 e. The van der Waals surface area contributed by atoms with Gasteiger partial charge in [0.25, 0.3) is 0 Å². The molecule has 1 aliphatic heterocycles. The summed E-state index contributed by atoms with van der Waals surface area (Å²) in [6, 6.07) is 11.4. The molecule has 3 rings (SSSR count). The number of carbonyl (C=O) groups is 2. The van der Waals surface area contributed by atoms with Gasteiger partial charge in [0, 0.05) is 18.7 Å². The molecular weight excluding hydrogens is 396 g/mol. The Morgan fingerprint density at radius 3 is 2.39 bits per heavy atom. The van der Waals surface area contributed by atoms with Crippen molar-refractivity contribution < 1.29 is 19.2 Å². The Balaban J connectivity index is 1.79. The van der Waals surface area contributed by atoms with Crippen LogP contribution in [0, 0.1) is 16.0 Å². The Hall–Kier alpha value is -3.22. The van der Waals surface area contributed by atoms with Crippen molar-refractivity contribution in [1.29, 1.82) is 0 Å². The van der Waals surface area contributed by atoms with Crippen LogP contribution in [-0.4, -0.2) is 29.6 Å². The highest BCUT2D eigenvalue weighted by Crippen LogP contribution is 2.41. The largest absolute Gasteiger partial charge is 0.450 e. The van der Waals surface area contributed by atoms with Crippen molar-refractivity contribution in [3.8, 4) is 11.5 Å². The van der Waals surface area contributed by atoms with Gasteiger partial charge in [0.1, 0.15) is 17.2 Å². The van der Waals surface area contributed by atoms with Crippen molar-refractivity contribution >= 4 is 22.9 Å². The molecule has 2 aromatic carbocycles. The van der Waals surface area contributed by atoms with E-state index < -0.39 is 4.92 Å². The van der Waals surface area contributed by atoms with E-state index in [-0.39, 0.29) is 29.4 Å². The molecule has 0 aliphatic carbocycles. The van der Waals surface area contributed by atoms with Crippen molar-refractivity contribution in [2.75, 3.05) is 18.0 Å². The van der Waals surface area contributed by atoms with Gasteiger partial charge in [-0.05, 0) is 62.1 Å². The number of hydrogen-bond donors (Lipinski definition) is 0. The summed E-state index contributed by atoms with van der Waals surface area (Å²) in [7, 11) is 0. The second kappa shape index (κ2) is 10.2. The van der Waals surface area contributed by atoms with Crippen LogP contribution >= 0.6 is 0 Å². The fourth-order valence-electron chi connectivity index (χ4n) is 4.07. The summed E-state index contributed by atoms with van der Waals surface area (Å²) in [6.07, 6.45) is 4.28. The molecule has 31 heavy (non-hydrogen) atoms. The molecule has 0 saturated carbocycles. The Labute approximate surface area is 182 Å². The summed E-state index contributed by atoms with van der Waals surface area (Å²) in [5.41, 5.74) is 0.930. The number of hydrogen-bond acceptors (Lipinski definition) is 6. The standard InChI is InChI=1S/C24H28N2O5/c1-3-5-18-12-14-25(15-13-18)21-6-4-7-23(24(21)26(29)30)31-20-10-8-19(9-11-20)22(28)16-17(2)27/h4,6-11,18H,3,5,12-16H2,1-2H3. The topological polar surface area (TPSA) is 89.8 Å². The molecule has 0 aromatic heterocycles. The van der Waals surface area contributed by atoms with Gasteiger partial charge in [-0.2, -0.15) is 0 Å². The van der Waals surface area contributed by atoms with Crippen LogP contribution < -0.4 is 9.64 Å². The van der Waals surface area contributed by atoms with E-state index in [0.717, 1.165) is 32.4 Å². The molecule has 1 fully saturated rings. The molecule has 1 saturated heterocycles. The van der Waals surface area contributed by atoms with E-state index in [1.165, 1.54) is 13.3 Å². The second-order valence-electron chi connectivity index (χ2n) is 8.03. The minimum Gasteiger partial charge on any atom is -0.450 e. The molecule has 2 aromatic rings. The quantitative estimate of drug-likeness (QED) is 0.226. The number of benzene rings is 2. The van der Waals surface area contributed by atoms with Crippen molar-refractivity contribution in [3.05, 3.63) is 58.1 Å². The zero-order valence-electron chi connectivity index (χ0n) is 18.0. The average Bonchev–Trinajstić information content (AvgIpc) is 2.74. The third kappa shape index (κ3) is 5.69. The summed E-state index contributed by atoms with van der Waals surface area (Å²) in [6.45, 7) is 5.14. The maximum absolute atomic E-state index is 12.0. The lowest BCUT2D eigenvalue weighted by Gasteiger charge is -2.33. The molecule has 0 unspecified atom stereocenters. The first kappa shape index (κ1) is 22.5. The first-order chi connectivity index (χ1) is 14.9. The molecule has 7 nitrogen and oxygen atoms in total. The van der Waals surface area contributed by atoms with Gasteiger partial charge >= 0.3 is 5.69 Å². The Morgan fingerprint density at radius 2 is 1.81 bits per heavy atom. The zero-order chi connectivity index (χ0) is 22.4. The number of anilines is 1. The molecule has 0 spiro atoms. The highest BCUT2D eigenvalue weighted by molar-refractivity contribution is 6.07. The predicted molar refractivity (Wildman–Crippen MR) is 119 cm³/mol. The number of ether oxygens (including phenoxy) is 1. The lowest BCUT2D eigenvalue weighted by atomic mass is 9.92. The molecule has 0 amide bonds. The number of rotatable bonds is 9. The van der Waals surface area contributed by atoms with Crippen LogP contribution in [0.5, 0.6) is 11.5 Å². The van der Waals surface area contributed by atoms with Crippen LogP contribution in [-0.2, 0) is 4.79 Å². The molecular formula is C24H28N2O5. The smallest absolute Gasteiger partial charge is 0.334 e. The SMILES string of the molecule is CCCC1CCN(c2cccc(Oc3ccc(C(=O)CC(C)=O)cc3)c2[N+](=O)[O-])CC1. The van der Waals surface area contributed by atoms with Crippen molar-refractivity contribution in [2.45, 2.75) is 46.0 Å². The first-order valence-electron chi connectivity index (χ1n) is 10.7. The van der Waals surface area contributed by atoms with Gasteiger partial charge in [-0.15, -0.1) is 0 Å². The van der Waals surface area contributed by atoms with E-state index in [0.29, 0.717) is 22.9 Å². The van der Waals surface area contributed by atoms with E-state index in [1.54, 1.807) is 42.5 Å². The summed E-state index contributed by atoms with van der Waals surface area (Å²) in [5, 5.41) is 11.9. The summed E-state index contributed by atoms with van der Waals surface area (Å²) in [5.74, 6) is 0.779. The second-order valence-corrected chi connectivity index (χ2v) is 8.03. The third-order valence-corrected chi connectivity index (χ3v) is 5.63. The minimum absolute atomic E-state index is 0.0480. The third-order valence-electron chi connectivity index (χ3n) is 5.63. The van der Waals surface area contributed by atoms with Crippen molar-refractivity contribution in [3.63, 3.8) is 0 Å². The van der Waals surface area contributed by atoms with Crippen LogP contribution in [0.4, 0.5) is 11.4 Å². The van der Waals surface area contributed by atoms with Crippen molar-refractivity contribution in [1.82, 2.24) is 0 Å². The lowest BCUT2D eigenvalue weighted by Crippen LogP contribution is -2.34. The Morgan fingerprint density at radius 1 is 1.13 bits per heavy atom. The van der Waals surface area contributed by atoms with Gasteiger partial charge in [0.05, 0.1) is 11.3 Å². The summed E-state index contributed by atoms with van der Waals surface area (Å²) < 4.78 is 5.83. The van der Waals surface area contributed by atoms with Crippen LogP contribution in [0.3, 0.4) is 0 Å². The molecule has 164 valence electrons. The highest BCUT2D eigenvalue weighted by atomic mass is 16.6. The number of ketones is 2. The Bertz CT molecular complexity index is 947. The van der Waals surface area contributed by atoms with E-state index >= 15 is 0 Å². The van der Waals surface area contributed by atoms with Crippen LogP contribution in [0.25, 0.3) is 0 Å². The normalized spacial score (nSPS) is 14.3. The summed E-state index contributed by atoms with van der Waals surface area (Å²) in [4.78, 5) is 36.7. The highest BCUT2D eigenvalue weighted by Gasteiger charge is 2.28. The molecule has 0 radical (unpaired) electrons. The first-order valence-corrected chi connectivity index (χ1v) is 10.7. The number of Topliss-reactive ketones (excluding diaryl/α,β-unsaturated/α-hetero) is 2. The van der Waals surface area contributed by atoms with Crippen molar-refractivity contribution in [2.24, 2.45) is 5.92 Å². The Kier molecular flexibility index (Phi) is 7.39. The molecule has 1 heterocycles. The van der Waals surface area contributed by atoms with Gasteiger partial charge < -0.3 is 9.64 Å². The molecule has 0 atom stereocenters. The van der Waals surface area contributed by atoms with Crippen LogP contribution in [0.2, 0.25) is 0 Å². The minimum atomic E-state index is -0.395. The summed E-state index contributed by atoms with van der Waals surface area (Å²) >= 11 is 0. The monoisotopic (exact) mass is 424 g/mol. The molecule has 0 bridgehead atoms. The molecule has 0 N–H and O–H groups in total. The van der Waals surface area contributed by atoms with E-state index in [4.69, 9.17) is 4.74 Å². The fraction of sp³-hybridized carbons (Fsp3) is 0.417. The van der Waals surface area contributed by atoms with Gasteiger partial charge in [-0.3, -0.25) is 19.7 Å². The number of nitro benzene ring substituents is 1. The van der Waals surface area contributed by atoms with Gasteiger partial charge in [0.2, 0.25) is 5.75 Å². The maximum atomic E-state index is 12.0. The number of piperidine rings is 1. The van der Waals surface area contributed by atoms with Gasteiger partial charge in [-0.25, -0.2) is 0 Å². The fourth-order valence-corrected chi connectivity index (χ4v) is 4.07. The van der Waals surface area contributed by atoms with E-state index in [1.807, 2.05) is 0 Å². The number of nitrogens with zero attached hydrogens (tertiary/aromatic N) is 2. The number of nitro groups is 1. The molecule has 1 aliphatic rings. The number of carbonyl (C=O) groups excluding carboxylic acids is 2. The lowest BCUT2D eigenvalue weighted by molar-refractivity contribution is -0.384. The average molecular weight is 424 g/mol. The zero-order valence-corrected chi connectivity index (χ0v) is 18.0. The predicted octanol–water partition coefficient (Wildman–Crippen LogP) is 5.57. The van der Waals surface area contributed by atoms with E-state index in [2.05, 4.69) is 11.8 Å². The van der Waals surface area contributed by atoms with Crippen LogP contribution in [0.15, 0.2) is 42.5 Å². The van der Waals surface area contributed by atoms with Crippen LogP contribution in [0.1, 0.15) is 56.3 Å². The number of para-hydroxylation sites is 1. The van der Waals surface area contributed by atoms with Gasteiger partial charge in [0.15, 0.2) is 5.78 Å².